The molecule has 0 aliphatic carbocycles. The Morgan fingerprint density at radius 1 is 0.900 bits per heavy atom. The third-order valence-electron chi connectivity index (χ3n) is 0.428. The van der Waals surface area contributed by atoms with E-state index in [1.54, 1.807) is 0 Å². The van der Waals surface area contributed by atoms with Gasteiger partial charge in [-0.2, -0.15) is 0 Å². The van der Waals surface area contributed by atoms with Gasteiger partial charge in [0.2, 0.25) is 0 Å². The first-order valence-corrected chi connectivity index (χ1v) is 6.18. The highest BCUT2D eigenvalue weighted by atomic mass is 32.3. The molecule has 4 nitrogen and oxygen atoms in total. The molecule has 0 bridgehead atoms. The molecule has 0 amide bonds. The van der Waals surface area contributed by atoms with E-state index in [0.29, 0.717) is 0 Å². The van der Waals surface area contributed by atoms with E-state index in [0.717, 1.165) is 12.5 Å². The van der Waals surface area contributed by atoms with Crippen LogP contribution >= 0.6 is 0 Å². The second kappa shape index (κ2) is 3.34. The zero-order valence-electron chi connectivity index (χ0n) is 5.16. The van der Waals surface area contributed by atoms with Crippen LogP contribution in [0, 0.1) is 0 Å². The van der Waals surface area contributed by atoms with E-state index in [9.17, 15) is 16.8 Å². The minimum absolute atomic E-state index is 0. The molecule has 0 saturated heterocycles. The number of rotatable bonds is 2. The van der Waals surface area contributed by atoms with Crippen LogP contribution in [0.3, 0.4) is 0 Å². The standard InChI is InChI=1S/C3H8O4S2.CH4/c1-8(4,5)3-9(2,6)7;/h3H2,1-2H3;1H4. The molecule has 0 aromatic carbocycles. The summed E-state index contributed by atoms with van der Waals surface area (Å²) in [6.45, 7) is 0. The van der Waals surface area contributed by atoms with E-state index in [1.165, 1.54) is 0 Å². The van der Waals surface area contributed by atoms with Crippen LogP contribution in [0.25, 0.3) is 0 Å². The molecule has 0 fully saturated rings. The molecule has 0 aromatic heterocycles. The summed E-state index contributed by atoms with van der Waals surface area (Å²) < 4.78 is 41.1. The maximum absolute atomic E-state index is 10.3. The molecule has 64 valence electrons. The fourth-order valence-corrected chi connectivity index (χ4v) is 3.50. The van der Waals surface area contributed by atoms with Crippen molar-refractivity contribution in [3.8, 4) is 0 Å². The monoisotopic (exact) mass is 188 g/mol. The Morgan fingerprint density at radius 3 is 1.10 bits per heavy atom. The Kier molecular flexibility index (Phi) is 4.19. The topological polar surface area (TPSA) is 68.3 Å². The van der Waals surface area contributed by atoms with Crippen LogP contribution in [0.1, 0.15) is 7.43 Å². The summed E-state index contributed by atoms with van der Waals surface area (Å²) in [7, 11) is -6.74. The van der Waals surface area contributed by atoms with Gasteiger partial charge in [0.1, 0.15) is 0 Å². The van der Waals surface area contributed by atoms with Gasteiger partial charge in [0.05, 0.1) is 0 Å². The third-order valence-corrected chi connectivity index (χ3v) is 3.85. The van der Waals surface area contributed by atoms with E-state index in [-0.39, 0.29) is 7.43 Å². The van der Waals surface area contributed by atoms with E-state index < -0.39 is 24.8 Å². The average Bonchev–Trinajstić information content (AvgIpc) is 1.14. The van der Waals surface area contributed by atoms with Crippen molar-refractivity contribution in [2.75, 3.05) is 17.6 Å². The van der Waals surface area contributed by atoms with Crippen LogP contribution < -0.4 is 0 Å². The van der Waals surface area contributed by atoms with E-state index in [1.807, 2.05) is 0 Å². The van der Waals surface area contributed by atoms with Gasteiger partial charge in [-0.3, -0.25) is 0 Å². The molecule has 0 aromatic rings. The molecule has 0 aliphatic rings. The van der Waals surface area contributed by atoms with Crippen LogP contribution in [0.4, 0.5) is 0 Å². The zero-order valence-corrected chi connectivity index (χ0v) is 6.79. The van der Waals surface area contributed by atoms with Crippen molar-refractivity contribution in [2.24, 2.45) is 0 Å². The molecule has 6 heteroatoms. The van der Waals surface area contributed by atoms with Crippen molar-refractivity contribution in [3.63, 3.8) is 0 Å². The maximum Gasteiger partial charge on any atom is 0.161 e. The van der Waals surface area contributed by atoms with Gasteiger partial charge in [0, 0.05) is 12.5 Å². The summed E-state index contributed by atoms with van der Waals surface area (Å²) in [6, 6.07) is 0. The lowest BCUT2D eigenvalue weighted by molar-refractivity contribution is 0.595. The summed E-state index contributed by atoms with van der Waals surface area (Å²) in [5.41, 5.74) is 0. The van der Waals surface area contributed by atoms with Gasteiger partial charge in [0.25, 0.3) is 0 Å². The molecule has 10 heavy (non-hydrogen) atoms. The Balaban J connectivity index is 0. The van der Waals surface area contributed by atoms with Gasteiger partial charge in [0.15, 0.2) is 24.8 Å². The smallest absolute Gasteiger partial charge is 0.161 e. The highest BCUT2D eigenvalue weighted by molar-refractivity contribution is 8.07. The lowest BCUT2D eigenvalue weighted by Crippen LogP contribution is -2.12. The van der Waals surface area contributed by atoms with Crippen LogP contribution in [0.5, 0.6) is 0 Å². The number of hydrogen-bond donors (Lipinski definition) is 0. The van der Waals surface area contributed by atoms with Gasteiger partial charge in [-0.1, -0.05) is 7.43 Å². The summed E-state index contributed by atoms with van der Waals surface area (Å²) in [6.07, 6.45) is 1.77. The Bertz CT molecular complexity index is 240. The van der Waals surface area contributed by atoms with Crippen molar-refractivity contribution in [1.29, 1.82) is 0 Å². The maximum atomic E-state index is 10.3. The first kappa shape index (κ1) is 12.6. The molecule has 0 saturated carbocycles. The van der Waals surface area contributed by atoms with Crippen molar-refractivity contribution in [3.05, 3.63) is 0 Å². The number of sulfone groups is 2. The quantitative estimate of drug-likeness (QED) is 0.595. The minimum atomic E-state index is -3.37. The molecule has 0 rings (SSSR count). The fraction of sp³-hybridized carbons (Fsp3) is 1.00. The Hall–Kier alpha value is -0.100. The molecular weight excluding hydrogens is 176 g/mol. The van der Waals surface area contributed by atoms with E-state index in [4.69, 9.17) is 0 Å². The molecule has 0 radical (unpaired) electrons. The second-order valence-electron chi connectivity index (χ2n) is 1.97. The normalized spacial score (nSPS) is 12.2. The number of hydrogen-bond acceptors (Lipinski definition) is 4. The lowest BCUT2D eigenvalue weighted by Gasteiger charge is -1.91. The van der Waals surface area contributed by atoms with Crippen LogP contribution in [0.15, 0.2) is 0 Å². The van der Waals surface area contributed by atoms with Crippen molar-refractivity contribution < 1.29 is 16.8 Å². The highest BCUT2D eigenvalue weighted by Crippen LogP contribution is 1.89. The van der Waals surface area contributed by atoms with Crippen molar-refractivity contribution in [1.82, 2.24) is 0 Å². The Labute approximate surface area is 62.1 Å². The minimum Gasteiger partial charge on any atom is -0.228 e. The van der Waals surface area contributed by atoms with E-state index in [2.05, 4.69) is 0 Å². The van der Waals surface area contributed by atoms with Crippen molar-refractivity contribution in [2.45, 2.75) is 7.43 Å². The van der Waals surface area contributed by atoms with Gasteiger partial charge in [-0.15, -0.1) is 0 Å². The molecule has 0 spiro atoms. The lowest BCUT2D eigenvalue weighted by atomic mass is 11.9. The van der Waals surface area contributed by atoms with Gasteiger partial charge in [-0.05, 0) is 0 Å². The first-order chi connectivity index (χ1) is 3.71. The van der Waals surface area contributed by atoms with Crippen LogP contribution in [0.2, 0.25) is 0 Å². The second-order valence-corrected chi connectivity index (χ2v) is 6.62. The summed E-state index contributed by atoms with van der Waals surface area (Å²) in [5.74, 6) is 0. The summed E-state index contributed by atoms with van der Waals surface area (Å²) >= 11 is 0. The SMILES string of the molecule is C.CS(=O)(=O)CS(C)(=O)=O. The highest BCUT2D eigenvalue weighted by Gasteiger charge is 2.11. The molecule has 0 atom stereocenters. The van der Waals surface area contributed by atoms with Gasteiger partial charge >= 0.3 is 0 Å². The summed E-state index contributed by atoms with van der Waals surface area (Å²) in [5, 5.41) is -0.764. The summed E-state index contributed by atoms with van der Waals surface area (Å²) in [4.78, 5) is 0. The van der Waals surface area contributed by atoms with Gasteiger partial charge < -0.3 is 0 Å². The van der Waals surface area contributed by atoms with Crippen LogP contribution in [-0.2, 0) is 19.7 Å². The van der Waals surface area contributed by atoms with Crippen molar-refractivity contribution >= 4 is 19.7 Å². The van der Waals surface area contributed by atoms with Gasteiger partial charge in [-0.25, -0.2) is 16.8 Å². The fourth-order valence-electron chi connectivity index (χ4n) is 0.389. The molecular formula is C4H12O4S2. The Morgan fingerprint density at radius 2 is 1.10 bits per heavy atom. The molecule has 0 aliphatic heterocycles. The largest absolute Gasteiger partial charge is 0.228 e. The predicted octanol–water partition coefficient (Wildman–Crippen LogP) is -0.331. The van der Waals surface area contributed by atoms with E-state index >= 15 is 0 Å². The first-order valence-electron chi connectivity index (χ1n) is 2.06. The molecule has 0 N–H and O–H groups in total. The average molecular weight is 188 g/mol. The predicted molar refractivity (Wildman–Crippen MR) is 41.3 cm³/mol. The molecule has 0 heterocycles. The third kappa shape index (κ3) is 10.8. The zero-order chi connectivity index (χ0) is 7.71. The molecule has 0 unspecified atom stereocenters. The van der Waals surface area contributed by atoms with Crippen LogP contribution in [-0.4, -0.2) is 34.4 Å².